The Kier molecular flexibility index (Phi) is 3.98. The van der Waals surface area contributed by atoms with E-state index in [1.165, 1.54) is 17.7 Å². The highest BCUT2D eigenvalue weighted by Gasteiger charge is 2.32. The average molecular weight is 308 g/mol. The number of hydrogen-bond acceptors (Lipinski definition) is 1. The molecule has 4 heteroatoms. The monoisotopic (exact) mass is 308 g/mol. The van der Waals surface area contributed by atoms with Gasteiger partial charge in [0.2, 0.25) is 0 Å². The molecule has 0 amide bonds. The van der Waals surface area contributed by atoms with Crippen molar-refractivity contribution < 1.29 is 13.2 Å². The fourth-order valence-electron chi connectivity index (χ4n) is 2.71. The van der Waals surface area contributed by atoms with Crippen molar-refractivity contribution in [1.82, 2.24) is 0 Å². The molecule has 0 fully saturated rings. The van der Waals surface area contributed by atoms with E-state index in [2.05, 4.69) is 12.1 Å². The summed E-state index contributed by atoms with van der Waals surface area (Å²) in [6.45, 7) is 0. The Balaban J connectivity index is 1.78. The van der Waals surface area contributed by atoms with Crippen LogP contribution in [0.15, 0.2) is 53.4 Å². The van der Waals surface area contributed by atoms with Crippen LogP contribution in [-0.4, -0.2) is 5.75 Å². The Morgan fingerprint density at radius 2 is 1.81 bits per heavy atom. The molecule has 1 heterocycles. The van der Waals surface area contributed by atoms with Crippen LogP contribution in [0.25, 0.3) is 0 Å². The first-order valence-corrected chi connectivity index (χ1v) is 7.88. The lowest BCUT2D eigenvalue weighted by Gasteiger charge is -2.25. The molecular formula is C17H15F3S. The zero-order valence-electron chi connectivity index (χ0n) is 11.4. The molecule has 3 rings (SSSR count). The molecule has 0 saturated carbocycles. The van der Waals surface area contributed by atoms with E-state index in [1.54, 1.807) is 17.8 Å². The highest BCUT2D eigenvalue weighted by molar-refractivity contribution is 7.99. The minimum absolute atomic E-state index is 0.397. The molecule has 0 saturated heterocycles. The summed E-state index contributed by atoms with van der Waals surface area (Å²) in [5.74, 6) is 1.36. The van der Waals surface area contributed by atoms with Crippen molar-refractivity contribution in [3.63, 3.8) is 0 Å². The minimum atomic E-state index is -4.26. The van der Waals surface area contributed by atoms with Gasteiger partial charge in [-0.2, -0.15) is 13.2 Å². The maximum Gasteiger partial charge on any atom is 0.416 e. The Labute approximate surface area is 126 Å². The normalized spacial score (nSPS) is 18.3. The molecule has 1 atom stereocenters. The van der Waals surface area contributed by atoms with Crippen LogP contribution in [0.5, 0.6) is 0 Å². The van der Waals surface area contributed by atoms with Gasteiger partial charge in [0.15, 0.2) is 0 Å². The maximum absolute atomic E-state index is 12.8. The molecule has 110 valence electrons. The summed E-state index contributed by atoms with van der Waals surface area (Å²) < 4.78 is 38.4. The van der Waals surface area contributed by atoms with Gasteiger partial charge in [0.1, 0.15) is 0 Å². The van der Waals surface area contributed by atoms with Crippen LogP contribution in [0, 0.1) is 5.92 Å². The van der Waals surface area contributed by atoms with Crippen molar-refractivity contribution in [2.24, 2.45) is 5.92 Å². The van der Waals surface area contributed by atoms with Crippen molar-refractivity contribution in [2.45, 2.75) is 23.9 Å². The molecule has 0 bridgehead atoms. The van der Waals surface area contributed by atoms with E-state index in [4.69, 9.17) is 0 Å². The van der Waals surface area contributed by atoms with Gasteiger partial charge < -0.3 is 0 Å². The van der Waals surface area contributed by atoms with Gasteiger partial charge in [-0.1, -0.05) is 30.3 Å². The van der Waals surface area contributed by atoms with Gasteiger partial charge in [0, 0.05) is 10.6 Å². The topological polar surface area (TPSA) is 0 Å². The Morgan fingerprint density at radius 3 is 2.52 bits per heavy atom. The number of fused-ring (bicyclic) bond motifs is 1. The van der Waals surface area contributed by atoms with Crippen LogP contribution in [0.2, 0.25) is 0 Å². The first-order valence-electron chi connectivity index (χ1n) is 6.89. The van der Waals surface area contributed by atoms with Crippen LogP contribution in [0.3, 0.4) is 0 Å². The Morgan fingerprint density at radius 1 is 1.05 bits per heavy atom. The predicted molar refractivity (Wildman–Crippen MR) is 79.5 cm³/mol. The van der Waals surface area contributed by atoms with Crippen LogP contribution >= 0.6 is 11.8 Å². The molecule has 0 spiro atoms. The summed E-state index contributed by atoms with van der Waals surface area (Å²) in [5, 5.41) is 0. The van der Waals surface area contributed by atoms with Gasteiger partial charge in [-0.05, 0) is 48.1 Å². The second-order valence-electron chi connectivity index (χ2n) is 5.39. The van der Waals surface area contributed by atoms with Gasteiger partial charge in [-0.3, -0.25) is 0 Å². The van der Waals surface area contributed by atoms with Crippen molar-refractivity contribution in [3.8, 4) is 0 Å². The zero-order valence-corrected chi connectivity index (χ0v) is 12.2. The fourth-order valence-corrected chi connectivity index (χ4v) is 3.86. The molecule has 0 radical (unpaired) electrons. The molecule has 2 aromatic carbocycles. The molecule has 0 aromatic heterocycles. The van der Waals surface area contributed by atoms with Crippen molar-refractivity contribution in [2.75, 3.05) is 5.75 Å². The first-order chi connectivity index (χ1) is 10.0. The number of alkyl halides is 3. The lowest BCUT2D eigenvalue weighted by atomic mass is 9.93. The number of halogens is 3. The largest absolute Gasteiger partial charge is 0.416 e. The maximum atomic E-state index is 12.8. The third-order valence-electron chi connectivity index (χ3n) is 3.74. The quantitative estimate of drug-likeness (QED) is 0.733. The lowest BCUT2D eigenvalue weighted by molar-refractivity contribution is -0.137. The SMILES string of the molecule is FC(F)(F)c1ccc2c(c1)CC(Cc1ccccc1)CS2. The third kappa shape index (κ3) is 3.43. The number of hydrogen-bond donors (Lipinski definition) is 0. The summed E-state index contributed by atoms with van der Waals surface area (Å²) in [6.07, 6.45) is -2.61. The van der Waals surface area contributed by atoms with E-state index in [9.17, 15) is 13.2 Å². The highest BCUT2D eigenvalue weighted by Crippen LogP contribution is 2.38. The molecular weight excluding hydrogens is 293 g/mol. The molecule has 1 aliphatic heterocycles. The number of thioether (sulfide) groups is 1. The van der Waals surface area contributed by atoms with E-state index in [-0.39, 0.29) is 0 Å². The smallest absolute Gasteiger partial charge is 0.166 e. The third-order valence-corrected chi connectivity index (χ3v) is 5.09. The molecule has 21 heavy (non-hydrogen) atoms. The van der Waals surface area contributed by atoms with Crippen molar-refractivity contribution in [3.05, 3.63) is 65.2 Å². The van der Waals surface area contributed by atoms with Crippen molar-refractivity contribution >= 4 is 11.8 Å². The summed E-state index contributed by atoms with van der Waals surface area (Å²) in [7, 11) is 0. The summed E-state index contributed by atoms with van der Waals surface area (Å²) in [6, 6.07) is 14.2. The predicted octanol–water partition coefficient (Wildman–Crippen LogP) is 5.21. The van der Waals surface area contributed by atoms with E-state index in [0.717, 1.165) is 29.1 Å². The van der Waals surface area contributed by atoms with Crippen molar-refractivity contribution in [1.29, 1.82) is 0 Å². The Bertz CT molecular complexity index is 620. The van der Waals surface area contributed by atoms with E-state index in [0.29, 0.717) is 5.92 Å². The van der Waals surface area contributed by atoms with Gasteiger partial charge >= 0.3 is 6.18 Å². The van der Waals surface area contributed by atoms with Crippen LogP contribution < -0.4 is 0 Å². The lowest BCUT2D eigenvalue weighted by Crippen LogP contribution is -2.17. The van der Waals surface area contributed by atoms with Crippen LogP contribution in [0.4, 0.5) is 13.2 Å². The standard InChI is InChI=1S/C17H15F3S/c18-17(19,20)15-6-7-16-14(10-15)9-13(11-21-16)8-12-4-2-1-3-5-12/h1-7,10,13H,8-9,11H2. The second-order valence-corrected chi connectivity index (χ2v) is 6.45. The van der Waals surface area contributed by atoms with E-state index < -0.39 is 11.7 Å². The summed E-state index contributed by atoms with van der Waals surface area (Å²) in [5.41, 5.74) is 1.54. The fraction of sp³-hybridized carbons (Fsp3) is 0.294. The molecule has 1 aliphatic rings. The number of rotatable bonds is 2. The van der Waals surface area contributed by atoms with Gasteiger partial charge in [0.25, 0.3) is 0 Å². The molecule has 1 unspecified atom stereocenters. The highest BCUT2D eigenvalue weighted by atomic mass is 32.2. The van der Waals surface area contributed by atoms with Crippen LogP contribution in [-0.2, 0) is 19.0 Å². The van der Waals surface area contributed by atoms with E-state index >= 15 is 0 Å². The number of benzene rings is 2. The van der Waals surface area contributed by atoms with Gasteiger partial charge in [-0.25, -0.2) is 0 Å². The summed E-state index contributed by atoms with van der Waals surface area (Å²) >= 11 is 1.67. The van der Waals surface area contributed by atoms with Gasteiger partial charge in [-0.15, -0.1) is 11.8 Å². The molecule has 0 nitrogen and oxygen atoms in total. The zero-order chi connectivity index (χ0) is 14.9. The molecule has 0 aliphatic carbocycles. The Hall–Kier alpha value is -1.42. The summed E-state index contributed by atoms with van der Waals surface area (Å²) in [4.78, 5) is 0.993. The average Bonchev–Trinajstić information content (AvgIpc) is 2.46. The molecule has 2 aromatic rings. The van der Waals surface area contributed by atoms with E-state index in [1.807, 2.05) is 18.2 Å². The second kappa shape index (κ2) is 5.76. The van der Waals surface area contributed by atoms with Crippen LogP contribution in [0.1, 0.15) is 16.7 Å². The minimum Gasteiger partial charge on any atom is -0.166 e. The van der Waals surface area contributed by atoms with Gasteiger partial charge in [0.05, 0.1) is 5.56 Å². The molecule has 0 N–H and O–H groups in total. The first kappa shape index (κ1) is 14.5.